The first-order chi connectivity index (χ1) is 19.5. The summed E-state index contributed by atoms with van der Waals surface area (Å²) in [6.07, 6.45) is 3.56. The van der Waals surface area contributed by atoms with Crippen molar-refractivity contribution in [3.63, 3.8) is 0 Å². The van der Waals surface area contributed by atoms with Crippen molar-refractivity contribution in [1.29, 1.82) is 0 Å². The van der Waals surface area contributed by atoms with Crippen molar-refractivity contribution >= 4 is 21.6 Å². The zero-order valence-electron chi connectivity index (χ0n) is 22.3. The fourth-order valence-electron chi connectivity index (χ4n) is 3.83. The molecule has 202 valence electrons. The van der Waals surface area contributed by atoms with Crippen molar-refractivity contribution in [2.24, 2.45) is 0 Å². The summed E-state index contributed by atoms with van der Waals surface area (Å²) >= 11 is 0. The minimum Gasteiger partial charge on any atom is -0.226 e. The second kappa shape index (κ2) is 11.1. The van der Waals surface area contributed by atoms with Crippen molar-refractivity contribution in [1.82, 2.24) is 60.0 Å². The lowest BCUT2D eigenvalue weighted by Crippen LogP contribution is -2.04. The van der Waals surface area contributed by atoms with E-state index in [1.165, 1.54) is 21.6 Å². The third kappa shape index (κ3) is 5.02. The lowest BCUT2D eigenvalue weighted by atomic mass is 10.3. The van der Waals surface area contributed by atoms with Gasteiger partial charge in [0.05, 0.1) is 47.0 Å². The van der Waals surface area contributed by atoms with Crippen LogP contribution in [0.15, 0.2) is 83.1 Å². The Balaban J connectivity index is 1.43. The SMILES string of the molecule is CC(C)n1nnc(-c2cnn(-c3ccccc3)c2SSc2c(-c3nnn(C(C)C)n3)cnn2-c2ccccc2)n1. The quantitative estimate of drug-likeness (QED) is 0.211. The highest BCUT2D eigenvalue weighted by Gasteiger charge is 2.24. The fraction of sp³-hybridized carbons (Fsp3) is 0.231. The molecular weight excluding hydrogens is 545 g/mol. The summed E-state index contributed by atoms with van der Waals surface area (Å²) in [5.74, 6) is 1.02. The largest absolute Gasteiger partial charge is 0.226 e. The van der Waals surface area contributed by atoms with Gasteiger partial charge in [-0.1, -0.05) is 36.4 Å². The van der Waals surface area contributed by atoms with Crippen LogP contribution in [0, 0.1) is 0 Å². The molecule has 0 N–H and O–H groups in total. The smallest absolute Gasteiger partial charge is 0.209 e. The first-order valence-corrected chi connectivity index (χ1v) is 14.9. The molecule has 6 rings (SSSR count). The minimum atomic E-state index is 0.0884. The summed E-state index contributed by atoms with van der Waals surface area (Å²) in [6, 6.07) is 20.1. The van der Waals surface area contributed by atoms with Gasteiger partial charge in [0.25, 0.3) is 0 Å². The average Bonchev–Trinajstić information content (AvgIpc) is 3.77. The lowest BCUT2D eigenvalue weighted by molar-refractivity contribution is 0.455. The summed E-state index contributed by atoms with van der Waals surface area (Å²) in [5, 5.41) is 37.5. The van der Waals surface area contributed by atoms with Gasteiger partial charge in [0.1, 0.15) is 10.1 Å². The lowest BCUT2D eigenvalue weighted by Gasteiger charge is -2.10. The predicted molar refractivity (Wildman–Crippen MR) is 153 cm³/mol. The van der Waals surface area contributed by atoms with Gasteiger partial charge in [-0.05, 0) is 84.0 Å². The van der Waals surface area contributed by atoms with Crippen LogP contribution in [0.25, 0.3) is 34.2 Å². The highest BCUT2D eigenvalue weighted by atomic mass is 33.1. The van der Waals surface area contributed by atoms with E-state index in [0.717, 1.165) is 32.6 Å². The monoisotopic (exact) mass is 570 g/mol. The van der Waals surface area contributed by atoms with Crippen LogP contribution in [0.5, 0.6) is 0 Å². The molecule has 4 heterocycles. The Morgan fingerprint density at radius 2 is 0.975 bits per heavy atom. The minimum absolute atomic E-state index is 0.0884. The van der Waals surface area contributed by atoms with E-state index in [1.54, 1.807) is 22.0 Å². The Morgan fingerprint density at radius 3 is 1.32 bits per heavy atom. The van der Waals surface area contributed by atoms with Crippen molar-refractivity contribution in [3.05, 3.63) is 73.1 Å². The first-order valence-electron chi connectivity index (χ1n) is 12.7. The molecule has 0 spiro atoms. The van der Waals surface area contributed by atoms with E-state index in [9.17, 15) is 0 Å². The number of nitrogens with zero attached hydrogens (tertiary/aromatic N) is 12. The maximum Gasteiger partial charge on any atom is 0.209 e. The van der Waals surface area contributed by atoms with Gasteiger partial charge in [-0.15, -0.1) is 20.4 Å². The molecule has 0 aliphatic rings. The number of aromatic nitrogens is 12. The van der Waals surface area contributed by atoms with Crippen LogP contribution in [0.4, 0.5) is 0 Å². The van der Waals surface area contributed by atoms with Gasteiger partial charge in [-0.2, -0.15) is 19.8 Å². The predicted octanol–water partition coefficient (Wildman–Crippen LogP) is 5.33. The van der Waals surface area contributed by atoms with Crippen LogP contribution in [0.2, 0.25) is 0 Å². The van der Waals surface area contributed by atoms with Crippen LogP contribution in [0.1, 0.15) is 39.8 Å². The number of hydrogen-bond acceptors (Lipinski definition) is 10. The molecule has 0 aliphatic heterocycles. The number of hydrogen-bond donors (Lipinski definition) is 0. The van der Waals surface area contributed by atoms with Gasteiger partial charge in [0.15, 0.2) is 0 Å². The Labute approximate surface area is 238 Å². The summed E-state index contributed by atoms with van der Waals surface area (Å²) in [4.78, 5) is 3.20. The number of para-hydroxylation sites is 2. The van der Waals surface area contributed by atoms with Crippen LogP contribution >= 0.6 is 21.6 Å². The molecule has 14 heteroatoms. The third-order valence-corrected chi connectivity index (χ3v) is 8.30. The van der Waals surface area contributed by atoms with E-state index in [1.807, 2.05) is 97.7 Å². The number of tetrazole rings is 2. The molecule has 0 unspecified atom stereocenters. The summed E-state index contributed by atoms with van der Waals surface area (Å²) in [5.41, 5.74) is 3.41. The van der Waals surface area contributed by atoms with Crippen LogP contribution < -0.4 is 0 Å². The molecule has 0 amide bonds. The van der Waals surface area contributed by atoms with E-state index in [0.29, 0.717) is 11.6 Å². The molecule has 4 aromatic heterocycles. The molecule has 12 nitrogen and oxygen atoms in total. The van der Waals surface area contributed by atoms with E-state index in [4.69, 9.17) is 10.2 Å². The summed E-state index contributed by atoms with van der Waals surface area (Å²) < 4.78 is 3.78. The first kappa shape index (κ1) is 26.0. The molecule has 6 aromatic rings. The zero-order chi connectivity index (χ0) is 27.6. The zero-order valence-corrected chi connectivity index (χ0v) is 23.9. The Hall–Kier alpha value is -4.30. The van der Waals surface area contributed by atoms with Gasteiger partial charge in [-0.3, -0.25) is 0 Å². The van der Waals surface area contributed by atoms with Crippen LogP contribution in [-0.2, 0) is 0 Å². The molecule has 0 bridgehead atoms. The topological polar surface area (TPSA) is 123 Å². The second-order valence-electron chi connectivity index (χ2n) is 9.44. The number of benzene rings is 2. The summed E-state index contributed by atoms with van der Waals surface area (Å²) in [7, 11) is 3.07. The van der Waals surface area contributed by atoms with Gasteiger partial charge >= 0.3 is 0 Å². The maximum absolute atomic E-state index is 4.71. The van der Waals surface area contributed by atoms with Gasteiger partial charge in [0, 0.05) is 0 Å². The molecule has 40 heavy (non-hydrogen) atoms. The molecule has 0 saturated heterocycles. The molecule has 0 aliphatic carbocycles. The van der Waals surface area contributed by atoms with Crippen molar-refractivity contribution in [2.75, 3.05) is 0 Å². The van der Waals surface area contributed by atoms with E-state index in [-0.39, 0.29) is 12.1 Å². The molecular formula is C26H26N12S2. The van der Waals surface area contributed by atoms with E-state index >= 15 is 0 Å². The van der Waals surface area contributed by atoms with Gasteiger partial charge < -0.3 is 0 Å². The van der Waals surface area contributed by atoms with Crippen molar-refractivity contribution < 1.29 is 0 Å². The number of rotatable bonds is 9. The normalized spacial score (nSPS) is 11.7. The van der Waals surface area contributed by atoms with E-state index in [2.05, 4.69) is 30.8 Å². The molecule has 0 fully saturated rings. The molecule has 0 radical (unpaired) electrons. The molecule has 0 saturated carbocycles. The third-order valence-electron chi connectivity index (χ3n) is 5.91. The van der Waals surface area contributed by atoms with Crippen molar-refractivity contribution in [3.8, 4) is 34.2 Å². The highest BCUT2D eigenvalue weighted by molar-refractivity contribution is 8.76. The molecule has 0 atom stereocenters. The average molecular weight is 571 g/mol. The fourth-order valence-corrected chi connectivity index (χ4v) is 6.34. The summed E-state index contributed by atoms with van der Waals surface area (Å²) in [6.45, 7) is 8.06. The highest BCUT2D eigenvalue weighted by Crippen LogP contribution is 2.45. The maximum atomic E-state index is 4.71. The Morgan fingerprint density at radius 1 is 0.575 bits per heavy atom. The van der Waals surface area contributed by atoms with Crippen molar-refractivity contribution in [2.45, 2.75) is 49.8 Å². The van der Waals surface area contributed by atoms with Gasteiger partial charge in [0.2, 0.25) is 11.6 Å². The Kier molecular flexibility index (Phi) is 7.17. The van der Waals surface area contributed by atoms with Crippen LogP contribution in [0.3, 0.4) is 0 Å². The standard InChI is InChI=1S/C26H26N12S2/c1-17(2)37-31-23(29-33-37)21-15-27-35(19-11-7-5-8-12-19)25(21)39-40-26-22(24-30-34-38(32-24)18(3)4)16-28-36(26)20-13-9-6-10-14-20/h5-18H,1-4H3. The second-order valence-corrected chi connectivity index (χ2v) is 11.5. The molecule has 2 aromatic carbocycles. The van der Waals surface area contributed by atoms with E-state index < -0.39 is 0 Å². The Bertz CT molecular complexity index is 1590. The van der Waals surface area contributed by atoms with Gasteiger partial charge in [-0.25, -0.2) is 9.36 Å². The van der Waals surface area contributed by atoms with Crippen LogP contribution in [-0.4, -0.2) is 60.0 Å².